The van der Waals surface area contributed by atoms with E-state index < -0.39 is 0 Å². The largest absolute Gasteiger partial charge is 0.334 e. The Morgan fingerprint density at radius 3 is 1.98 bits per heavy atom. The molecule has 0 aliphatic heterocycles. The van der Waals surface area contributed by atoms with Gasteiger partial charge in [-0.2, -0.15) is 0 Å². The van der Waals surface area contributed by atoms with Gasteiger partial charge < -0.3 is 9.47 Å². The van der Waals surface area contributed by atoms with E-state index in [9.17, 15) is 0 Å². The van der Waals surface area contributed by atoms with Gasteiger partial charge in [-0.1, -0.05) is 153 Å². The maximum atomic E-state index is 2.55. The molecule has 10 rings (SSSR count). The molecule has 0 spiro atoms. The van der Waals surface area contributed by atoms with Gasteiger partial charge >= 0.3 is 0 Å². The summed E-state index contributed by atoms with van der Waals surface area (Å²) in [4.78, 5) is 2.55. The fourth-order valence-electron chi connectivity index (χ4n) is 8.83. The van der Waals surface area contributed by atoms with Crippen molar-refractivity contribution in [3.05, 3.63) is 199 Å². The van der Waals surface area contributed by atoms with E-state index in [1.54, 1.807) is 0 Å². The predicted octanol–water partition coefficient (Wildman–Crippen LogP) is 13.4. The quantitative estimate of drug-likeness (QED) is 0.170. The smallest absolute Gasteiger partial charge is 0.0561 e. The zero-order valence-corrected chi connectivity index (χ0v) is 30.1. The van der Waals surface area contributed by atoms with Crippen molar-refractivity contribution in [1.82, 2.24) is 4.57 Å². The van der Waals surface area contributed by atoms with E-state index in [4.69, 9.17) is 0 Å². The van der Waals surface area contributed by atoms with E-state index >= 15 is 0 Å². The summed E-state index contributed by atoms with van der Waals surface area (Å²) in [6.07, 6.45) is 9.95. The third-order valence-corrected chi connectivity index (χ3v) is 11.5. The Kier molecular flexibility index (Phi) is 7.33. The Morgan fingerprint density at radius 1 is 0.509 bits per heavy atom. The number of fused-ring (bicyclic) bond motifs is 6. The van der Waals surface area contributed by atoms with Crippen LogP contribution in [0.1, 0.15) is 31.4 Å². The van der Waals surface area contributed by atoms with Crippen LogP contribution in [0.5, 0.6) is 0 Å². The third-order valence-electron chi connectivity index (χ3n) is 11.5. The van der Waals surface area contributed by atoms with Crippen LogP contribution in [0, 0.1) is 0 Å². The summed E-state index contributed by atoms with van der Waals surface area (Å²) in [7, 11) is 0. The molecule has 0 fully saturated rings. The number of benzene rings is 7. The number of aromatic nitrogens is 1. The summed E-state index contributed by atoms with van der Waals surface area (Å²) < 4.78 is 2.44. The Balaban J connectivity index is 1.09. The number of rotatable bonds is 6. The van der Waals surface area contributed by atoms with Gasteiger partial charge in [0.2, 0.25) is 0 Å². The first-order valence-corrected chi connectivity index (χ1v) is 18.7. The van der Waals surface area contributed by atoms with Crippen molar-refractivity contribution in [2.24, 2.45) is 0 Å². The lowest BCUT2D eigenvalue weighted by atomic mass is 9.82. The van der Waals surface area contributed by atoms with Crippen LogP contribution in [0.2, 0.25) is 0 Å². The second-order valence-electron chi connectivity index (χ2n) is 14.9. The maximum absolute atomic E-state index is 2.55. The van der Waals surface area contributed by atoms with Crippen LogP contribution in [0.3, 0.4) is 0 Å². The molecule has 0 bridgehead atoms. The average Bonchev–Trinajstić information content (AvgIpc) is 3.67. The summed E-state index contributed by atoms with van der Waals surface area (Å²) in [6, 6.07) is 60.6. The molecule has 0 N–H and O–H groups in total. The highest BCUT2D eigenvalue weighted by Gasteiger charge is 2.36. The summed E-state index contributed by atoms with van der Waals surface area (Å²) in [5.41, 5.74) is 16.3. The Bertz CT molecular complexity index is 2730. The van der Waals surface area contributed by atoms with Crippen molar-refractivity contribution in [1.29, 1.82) is 0 Å². The summed E-state index contributed by atoms with van der Waals surface area (Å²) in [5.74, 6) is 0. The zero-order valence-electron chi connectivity index (χ0n) is 30.1. The number of hydrogen-bond acceptors (Lipinski definition) is 1. The van der Waals surface area contributed by atoms with Crippen molar-refractivity contribution in [3.8, 4) is 39.1 Å². The molecule has 0 amide bonds. The van der Waals surface area contributed by atoms with Gasteiger partial charge in [0, 0.05) is 33.2 Å². The minimum atomic E-state index is -0.0681. The summed E-state index contributed by atoms with van der Waals surface area (Å²) >= 11 is 0. The van der Waals surface area contributed by atoms with Crippen molar-refractivity contribution in [2.45, 2.75) is 31.7 Å². The van der Waals surface area contributed by atoms with E-state index in [-0.39, 0.29) is 11.5 Å². The highest BCUT2D eigenvalue weighted by atomic mass is 15.2. The number of allylic oxidation sites excluding steroid dienone is 2. The summed E-state index contributed by atoms with van der Waals surface area (Å²) in [5, 5.41) is 2.52. The van der Waals surface area contributed by atoms with E-state index in [0.717, 1.165) is 12.1 Å². The minimum absolute atomic E-state index is 0.0681. The Labute approximate surface area is 311 Å². The molecule has 0 saturated heterocycles. The van der Waals surface area contributed by atoms with Gasteiger partial charge in [-0.25, -0.2) is 0 Å². The molecule has 53 heavy (non-hydrogen) atoms. The van der Waals surface area contributed by atoms with Gasteiger partial charge in [0.1, 0.15) is 0 Å². The maximum Gasteiger partial charge on any atom is 0.0561 e. The SMILES string of the molecule is CC1(C)c2ccccc2-c2ccc(N(c3ccc4c5ccccc5n(-c5ccc(-c6cccc(-c7ccccc7)c6)cc5)c4c3)C3C=CC=CC3)cc21. The molecular weight excluding hydrogens is 641 g/mol. The minimum Gasteiger partial charge on any atom is -0.334 e. The second-order valence-corrected chi connectivity index (χ2v) is 14.9. The fourth-order valence-corrected chi connectivity index (χ4v) is 8.83. The first-order chi connectivity index (χ1) is 26.0. The van der Waals surface area contributed by atoms with E-state index in [2.05, 4.69) is 211 Å². The Morgan fingerprint density at radius 2 is 1.17 bits per heavy atom. The van der Waals surface area contributed by atoms with Crippen molar-refractivity contribution < 1.29 is 0 Å². The highest BCUT2D eigenvalue weighted by molar-refractivity contribution is 6.10. The topological polar surface area (TPSA) is 8.17 Å². The number of nitrogens with zero attached hydrogens (tertiary/aromatic N) is 2. The van der Waals surface area contributed by atoms with Crippen molar-refractivity contribution in [3.63, 3.8) is 0 Å². The molecule has 2 nitrogen and oxygen atoms in total. The first-order valence-electron chi connectivity index (χ1n) is 18.7. The van der Waals surface area contributed by atoms with Crippen molar-refractivity contribution >= 4 is 33.2 Å². The molecule has 1 aromatic heterocycles. The van der Waals surface area contributed by atoms with Crippen LogP contribution in [0.4, 0.5) is 11.4 Å². The highest BCUT2D eigenvalue weighted by Crippen LogP contribution is 2.50. The third kappa shape index (κ3) is 5.17. The molecule has 7 aromatic carbocycles. The first kappa shape index (κ1) is 31.4. The van der Waals surface area contributed by atoms with Crippen LogP contribution in [0.25, 0.3) is 60.9 Å². The lowest BCUT2D eigenvalue weighted by molar-refractivity contribution is 0.659. The average molecular weight is 681 g/mol. The van der Waals surface area contributed by atoms with Crippen LogP contribution in [-0.2, 0) is 5.41 Å². The fraction of sp³-hybridized carbons (Fsp3) is 0.0980. The van der Waals surface area contributed by atoms with Gasteiger partial charge in [-0.15, -0.1) is 0 Å². The molecule has 2 heteroatoms. The lowest BCUT2D eigenvalue weighted by Gasteiger charge is -2.34. The van der Waals surface area contributed by atoms with Crippen LogP contribution < -0.4 is 4.90 Å². The molecule has 0 radical (unpaired) electrons. The standard InChI is InChI=1S/C51H40N2/c1-51(2)47-22-11-9-20-43(47)44-30-28-41(33-48(44)51)52(39-18-7-4-8-19-39)42-29-31-46-45-21-10-12-23-49(45)53(50(46)34-42)40-26-24-36(25-27-40)38-17-13-16-37(32-38)35-14-5-3-6-15-35/h3-18,20-34,39H,19H2,1-2H3. The van der Waals surface area contributed by atoms with Crippen molar-refractivity contribution in [2.75, 3.05) is 4.90 Å². The number of anilines is 2. The number of para-hydroxylation sites is 1. The molecule has 2 aliphatic carbocycles. The van der Waals surface area contributed by atoms with E-state index in [0.29, 0.717) is 0 Å². The van der Waals surface area contributed by atoms with Gasteiger partial charge in [0.05, 0.1) is 17.1 Å². The molecule has 2 aliphatic rings. The van der Waals surface area contributed by atoms with Crippen LogP contribution in [0.15, 0.2) is 188 Å². The zero-order chi connectivity index (χ0) is 35.5. The van der Waals surface area contributed by atoms with E-state index in [1.165, 1.54) is 77.7 Å². The molecule has 8 aromatic rings. The van der Waals surface area contributed by atoms with Gasteiger partial charge in [0.25, 0.3) is 0 Å². The van der Waals surface area contributed by atoms with Crippen LogP contribution >= 0.6 is 0 Å². The normalized spacial score (nSPS) is 15.5. The van der Waals surface area contributed by atoms with Crippen LogP contribution in [-0.4, -0.2) is 10.6 Å². The molecule has 1 heterocycles. The van der Waals surface area contributed by atoms with Gasteiger partial charge in [-0.05, 0) is 99.5 Å². The molecule has 1 atom stereocenters. The van der Waals surface area contributed by atoms with Gasteiger partial charge in [-0.3, -0.25) is 0 Å². The lowest BCUT2D eigenvalue weighted by Crippen LogP contribution is -2.30. The monoisotopic (exact) mass is 680 g/mol. The molecule has 254 valence electrons. The number of hydrogen-bond donors (Lipinski definition) is 0. The Hall–Kier alpha value is -6.38. The second kappa shape index (κ2) is 12.4. The van der Waals surface area contributed by atoms with E-state index in [1.807, 2.05) is 0 Å². The molecule has 0 saturated carbocycles. The molecule has 1 unspecified atom stereocenters. The predicted molar refractivity (Wildman–Crippen MR) is 224 cm³/mol. The molecular formula is C51H40N2. The summed E-state index contributed by atoms with van der Waals surface area (Å²) in [6.45, 7) is 4.73. The van der Waals surface area contributed by atoms with Gasteiger partial charge in [0.15, 0.2) is 0 Å².